The van der Waals surface area contributed by atoms with Gasteiger partial charge in [-0.3, -0.25) is 0 Å². The fourth-order valence-electron chi connectivity index (χ4n) is 1.69. The van der Waals surface area contributed by atoms with Crippen molar-refractivity contribution in [3.05, 3.63) is 40.7 Å². The summed E-state index contributed by atoms with van der Waals surface area (Å²) in [5, 5.41) is 3.34. The van der Waals surface area contributed by atoms with E-state index in [1.807, 2.05) is 13.0 Å². The van der Waals surface area contributed by atoms with E-state index in [1.54, 1.807) is 6.07 Å². The molecule has 0 spiro atoms. The number of halogens is 1. The van der Waals surface area contributed by atoms with Crippen molar-refractivity contribution in [2.45, 2.75) is 27.7 Å². The first kappa shape index (κ1) is 13.9. The molecule has 0 saturated carbocycles. The third-order valence-electron chi connectivity index (χ3n) is 2.89. The van der Waals surface area contributed by atoms with Crippen LogP contribution in [0.1, 0.15) is 31.9 Å². The molecule has 17 heavy (non-hydrogen) atoms. The highest BCUT2D eigenvalue weighted by Crippen LogP contribution is 2.17. The van der Waals surface area contributed by atoms with Gasteiger partial charge in [0.25, 0.3) is 0 Å². The number of likely N-dealkylation sites (N-methyl/N-ethyl adjacent to an activating group) is 1. The van der Waals surface area contributed by atoms with E-state index in [9.17, 15) is 4.39 Å². The molecule has 0 bridgehead atoms. The molecule has 0 aliphatic heterocycles. The smallest absolute Gasteiger partial charge is 0.123 e. The van der Waals surface area contributed by atoms with Gasteiger partial charge in [-0.2, -0.15) is 0 Å². The van der Waals surface area contributed by atoms with E-state index in [0.717, 1.165) is 24.2 Å². The summed E-state index contributed by atoms with van der Waals surface area (Å²) in [6.07, 6.45) is 2.17. The van der Waals surface area contributed by atoms with Crippen molar-refractivity contribution in [2.24, 2.45) is 5.92 Å². The lowest BCUT2D eigenvalue weighted by atomic mass is 9.98. The number of rotatable bonds is 5. The predicted octanol–water partition coefficient (Wildman–Crippen LogP) is 3.78. The second kappa shape index (κ2) is 6.55. The van der Waals surface area contributed by atoms with Crippen molar-refractivity contribution >= 4 is 6.08 Å². The number of benzene rings is 1. The average molecular weight is 235 g/mol. The summed E-state index contributed by atoms with van der Waals surface area (Å²) in [6.45, 7) is 10.3. The minimum absolute atomic E-state index is 0.169. The molecule has 0 aliphatic rings. The molecule has 0 atom stereocenters. The average Bonchev–Trinajstić information content (AvgIpc) is 2.26. The molecular formula is C15H22FN. The first-order valence-corrected chi connectivity index (χ1v) is 6.22. The van der Waals surface area contributed by atoms with Crippen LogP contribution in [0.5, 0.6) is 0 Å². The molecule has 0 radical (unpaired) electrons. The zero-order valence-corrected chi connectivity index (χ0v) is 11.2. The zero-order valence-electron chi connectivity index (χ0n) is 11.2. The number of hydrogen-bond acceptors (Lipinski definition) is 1. The molecule has 0 heterocycles. The molecule has 1 aromatic rings. The van der Waals surface area contributed by atoms with E-state index in [4.69, 9.17) is 0 Å². The molecule has 0 aliphatic carbocycles. The molecule has 1 aromatic carbocycles. The third kappa shape index (κ3) is 4.31. The van der Waals surface area contributed by atoms with Crippen LogP contribution in [0.2, 0.25) is 0 Å². The van der Waals surface area contributed by atoms with Gasteiger partial charge in [-0.25, -0.2) is 4.39 Å². The van der Waals surface area contributed by atoms with Gasteiger partial charge in [0.2, 0.25) is 0 Å². The second-order valence-corrected chi connectivity index (χ2v) is 4.66. The monoisotopic (exact) mass is 235 g/mol. The molecule has 2 heteroatoms. The van der Waals surface area contributed by atoms with E-state index in [0.29, 0.717) is 5.92 Å². The summed E-state index contributed by atoms with van der Waals surface area (Å²) in [6, 6.07) is 4.94. The van der Waals surface area contributed by atoms with Gasteiger partial charge in [0.05, 0.1) is 0 Å². The van der Waals surface area contributed by atoms with Crippen molar-refractivity contribution in [3.63, 3.8) is 0 Å². The Morgan fingerprint density at radius 3 is 2.65 bits per heavy atom. The lowest BCUT2D eigenvalue weighted by Gasteiger charge is -2.13. The van der Waals surface area contributed by atoms with Crippen molar-refractivity contribution < 1.29 is 4.39 Å². The minimum atomic E-state index is -0.169. The van der Waals surface area contributed by atoms with Crippen LogP contribution < -0.4 is 5.32 Å². The van der Waals surface area contributed by atoms with Gasteiger partial charge in [0.15, 0.2) is 0 Å². The normalized spacial score (nSPS) is 12.2. The molecule has 0 aromatic heterocycles. The van der Waals surface area contributed by atoms with Gasteiger partial charge in [-0.1, -0.05) is 38.5 Å². The summed E-state index contributed by atoms with van der Waals surface area (Å²) in [4.78, 5) is 0. The van der Waals surface area contributed by atoms with Crippen LogP contribution in [-0.2, 0) is 0 Å². The highest BCUT2D eigenvalue weighted by Gasteiger charge is 2.04. The van der Waals surface area contributed by atoms with Crippen LogP contribution in [0, 0.1) is 18.7 Å². The Balaban J connectivity index is 2.95. The quantitative estimate of drug-likeness (QED) is 0.819. The van der Waals surface area contributed by atoms with Crippen LogP contribution in [0.4, 0.5) is 4.39 Å². The molecule has 0 amide bonds. The van der Waals surface area contributed by atoms with Gasteiger partial charge >= 0.3 is 0 Å². The lowest BCUT2D eigenvalue weighted by molar-refractivity contribution is 0.626. The van der Waals surface area contributed by atoms with Gasteiger partial charge in [0.1, 0.15) is 5.82 Å². The Morgan fingerprint density at radius 2 is 2.12 bits per heavy atom. The van der Waals surface area contributed by atoms with Gasteiger partial charge in [-0.05, 0) is 42.6 Å². The highest BCUT2D eigenvalue weighted by molar-refractivity contribution is 5.57. The summed E-state index contributed by atoms with van der Waals surface area (Å²) in [5.74, 6) is 0.330. The molecule has 0 unspecified atom stereocenters. The van der Waals surface area contributed by atoms with Crippen molar-refractivity contribution in [3.8, 4) is 0 Å². The number of aryl methyl sites for hydroxylation is 1. The van der Waals surface area contributed by atoms with E-state index in [1.165, 1.54) is 11.6 Å². The Morgan fingerprint density at radius 1 is 1.41 bits per heavy atom. The Labute approximate surface area is 104 Å². The van der Waals surface area contributed by atoms with Crippen LogP contribution in [0.15, 0.2) is 23.8 Å². The van der Waals surface area contributed by atoms with Crippen LogP contribution in [0.25, 0.3) is 6.08 Å². The molecular weight excluding hydrogens is 213 g/mol. The highest BCUT2D eigenvalue weighted by atomic mass is 19.1. The number of nitrogens with one attached hydrogen (secondary N) is 1. The fourth-order valence-corrected chi connectivity index (χ4v) is 1.69. The molecule has 1 N–H and O–H groups in total. The second-order valence-electron chi connectivity index (χ2n) is 4.66. The van der Waals surface area contributed by atoms with Crippen molar-refractivity contribution in [2.75, 3.05) is 13.1 Å². The topological polar surface area (TPSA) is 12.0 Å². The summed E-state index contributed by atoms with van der Waals surface area (Å²) in [5.41, 5.74) is 3.44. The van der Waals surface area contributed by atoms with Crippen molar-refractivity contribution in [1.29, 1.82) is 0 Å². The maximum absolute atomic E-state index is 13.0. The summed E-state index contributed by atoms with van der Waals surface area (Å²) >= 11 is 0. The SMILES string of the molecule is CCNCC(=Cc1ccc(F)cc1C)C(C)C. The Bertz CT molecular complexity index is 394. The van der Waals surface area contributed by atoms with Crippen LogP contribution in [0.3, 0.4) is 0 Å². The van der Waals surface area contributed by atoms with Crippen molar-refractivity contribution in [1.82, 2.24) is 5.32 Å². The largest absolute Gasteiger partial charge is 0.313 e. The standard InChI is InChI=1S/C15H22FN/c1-5-17-10-14(11(2)3)9-13-6-7-15(16)8-12(13)4/h6-9,11,17H,5,10H2,1-4H3. The number of hydrogen-bond donors (Lipinski definition) is 1. The van der Waals surface area contributed by atoms with Gasteiger partial charge in [-0.15, -0.1) is 0 Å². The molecule has 0 fully saturated rings. The molecule has 0 saturated heterocycles. The first-order valence-electron chi connectivity index (χ1n) is 6.22. The van der Waals surface area contributed by atoms with Gasteiger partial charge in [0, 0.05) is 6.54 Å². The summed E-state index contributed by atoms with van der Waals surface area (Å²) in [7, 11) is 0. The molecule has 94 valence electrons. The van der Waals surface area contributed by atoms with E-state index < -0.39 is 0 Å². The van der Waals surface area contributed by atoms with E-state index in [2.05, 4.69) is 32.2 Å². The third-order valence-corrected chi connectivity index (χ3v) is 2.89. The maximum atomic E-state index is 13.0. The zero-order chi connectivity index (χ0) is 12.8. The Kier molecular flexibility index (Phi) is 5.36. The van der Waals surface area contributed by atoms with E-state index >= 15 is 0 Å². The minimum Gasteiger partial charge on any atom is -0.313 e. The van der Waals surface area contributed by atoms with Gasteiger partial charge < -0.3 is 5.32 Å². The summed E-state index contributed by atoms with van der Waals surface area (Å²) < 4.78 is 13.0. The van der Waals surface area contributed by atoms with Crippen LogP contribution >= 0.6 is 0 Å². The van der Waals surface area contributed by atoms with Crippen LogP contribution in [-0.4, -0.2) is 13.1 Å². The molecule has 1 rings (SSSR count). The first-order chi connectivity index (χ1) is 8.04. The molecule has 1 nitrogen and oxygen atoms in total. The van der Waals surface area contributed by atoms with E-state index in [-0.39, 0.29) is 5.82 Å². The maximum Gasteiger partial charge on any atom is 0.123 e. The fraction of sp³-hybridized carbons (Fsp3) is 0.467. The predicted molar refractivity (Wildman–Crippen MR) is 72.5 cm³/mol. The Hall–Kier alpha value is -1.15. The lowest BCUT2D eigenvalue weighted by Crippen LogP contribution is -2.18.